The minimum absolute atomic E-state index is 0.235. The van der Waals surface area contributed by atoms with Crippen LogP contribution < -0.4 is 0 Å². The second kappa shape index (κ2) is 2.58. The molecule has 10 heavy (non-hydrogen) atoms. The molecule has 0 unspecified atom stereocenters. The third kappa shape index (κ3) is 1.20. The second-order valence-electron chi connectivity index (χ2n) is 1.67. The molecule has 1 aromatic heterocycles. The van der Waals surface area contributed by atoms with E-state index in [4.69, 9.17) is 5.26 Å². The van der Waals surface area contributed by atoms with Gasteiger partial charge in [0.2, 0.25) is 0 Å². The molecular weight excluding hydrogens is 151 g/mol. The molecule has 0 aliphatic carbocycles. The molecule has 1 rings (SSSR count). The molecule has 1 N–H and O–H groups in total. The van der Waals surface area contributed by atoms with E-state index in [9.17, 15) is 4.39 Å². The van der Waals surface area contributed by atoms with E-state index in [-0.39, 0.29) is 10.1 Å². The van der Waals surface area contributed by atoms with Gasteiger partial charge in [-0.2, -0.15) is 9.65 Å². The highest BCUT2D eigenvalue weighted by Gasteiger charge is 1.93. The van der Waals surface area contributed by atoms with Crippen molar-refractivity contribution < 1.29 is 4.39 Å². The van der Waals surface area contributed by atoms with Gasteiger partial charge in [-0.1, -0.05) is 12.2 Å². The number of aromatic nitrogens is 1. The van der Waals surface area contributed by atoms with Crippen LogP contribution in [-0.4, -0.2) is 4.98 Å². The minimum Gasteiger partial charge on any atom is -0.337 e. The minimum atomic E-state index is -0.524. The van der Waals surface area contributed by atoms with Crippen LogP contribution in [0.3, 0.4) is 0 Å². The normalized spacial score (nSPS) is 8.80. The third-order valence-electron chi connectivity index (χ3n) is 0.998. The van der Waals surface area contributed by atoms with Crippen molar-refractivity contribution in [3.8, 4) is 6.07 Å². The molecular formula is C6H3FN2S. The molecule has 0 aliphatic heterocycles. The van der Waals surface area contributed by atoms with Gasteiger partial charge in [-0.15, -0.1) is 0 Å². The number of halogens is 1. The van der Waals surface area contributed by atoms with Crippen molar-refractivity contribution >= 4 is 12.2 Å². The molecule has 0 aliphatic rings. The van der Waals surface area contributed by atoms with Crippen LogP contribution in [0.5, 0.6) is 0 Å². The Labute approximate surface area is 61.9 Å². The van der Waals surface area contributed by atoms with Crippen molar-refractivity contribution in [2.75, 3.05) is 0 Å². The Hall–Kier alpha value is -1.21. The fourth-order valence-corrected chi connectivity index (χ4v) is 0.742. The number of H-pyrrole nitrogens is 1. The maximum absolute atomic E-state index is 12.3. The average Bonchev–Trinajstić information content (AvgIpc) is 1.88. The SMILES string of the molecule is N#Cc1c[nH]c(F)cc1=S. The molecule has 0 amide bonds. The van der Waals surface area contributed by atoms with Crippen LogP contribution in [-0.2, 0) is 0 Å². The number of pyridine rings is 1. The maximum atomic E-state index is 12.3. The second-order valence-corrected chi connectivity index (χ2v) is 2.11. The monoisotopic (exact) mass is 154 g/mol. The van der Waals surface area contributed by atoms with E-state index in [0.717, 1.165) is 6.07 Å². The molecule has 0 fully saturated rings. The molecule has 50 valence electrons. The molecule has 0 atom stereocenters. The third-order valence-corrected chi connectivity index (χ3v) is 1.34. The van der Waals surface area contributed by atoms with Gasteiger partial charge in [0.1, 0.15) is 6.07 Å². The van der Waals surface area contributed by atoms with Crippen molar-refractivity contribution in [2.45, 2.75) is 0 Å². The van der Waals surface area contributed by atoms with E-state index in [2.05, 4.69) is 17.2 Å². The molecule has 1 heterocycles. The number of nitriles is 1. The van der Waals surface area contributed by atoms with Gasteiger partial charge in [-0.3, -0.25) is 0 Å². The topological polar surface area (TPSA) is 39.6 Å². The molecule has 1 aromatic rings. The van der Waals surface area contributed by atoms with Crippen molar-refractivity contribution in [3.63, 3.8) is 0 Å². The molecule has 0 spiro atoms. The Morgan fingerprint density at radius 2 is 2.40 bits per heavy atom. The average molecular weight is 154 g/mol. The van der Waals surface area contributed by atoms with Crippen LogP contribution in [0, 0.1) is 21.8 Å². The Bertz CT molecular complexity index is 336. The fourth-order valence-electron chi connectivity index (χ4n) is 0.534. The van der Waals surface area contributed by atoms with Crippen LogP contribution in [0.15, 0.2) is 12.3 Å². The summed E-state index contributed by atoms with van der Waals surface area (Å²) in [6.07, 6.45) is 1.25. The molecule has 0 bridgehead atoms. The lowest BCUT2D eigenvalue weighted by Gasteiger charge is -1.88. The predicted molar refractivity (Wildman–Crippen MR) is 36.3 cm³/mol. The maximum Gasteiger partial charge on any atom is 0.192 e. The number of nitrogens with one attached hydrogen (secondary N) is 1. The molecule has 0 radical (unpaired) electrons. The summed E-state index contributed by atoms with van der Waals surface area (Å²) < 4.78 is 12.5. The fraction of sp³-hybridized carbons (Fsp3) is 0. The zero-order valence-corrected chi connectivity index (χ0v) is 5.70. The summed E-state index contributed by atoms with van der Waals surface area (Å²) in [4.78, 5) is 2.24. The van der Waals surface area contributed by atoms with E-state index in [0.29, 0.717) is 0 Å². The number of nitrogens with zero attached hydrogens (tertiary/aromatic N) is 1. The predicted octanol–water partition coefficient (Wildman–Crippen LogP) is 1.75. The summed E-state index contributed by atoms with van der Waals surface area (Å²) in [6.45, 7) is 0. The lowest BCUT2D eigenvalue weighted by Crippen LogP contribution is -1.83. The van der Waals surface area contributed by atoms with Gasteiger partial charge >= 0.3 is 0 Å². The summed E-state index contributed by atoms with van der Waals surface area (Å²) in [5.41, 5.74) is 0.288. The van der Waals surface area contributed by atoms with Gasteiger partial charge in [0, 0.05) is 12.3 Å². The first kappa shape index (κ1) is 6.90. The first-order chi connectivity index (χ1) is 4.74. The Balaban J connectivity index is 3.38. The lowest BCUT2D eigenvalue weighted by molar-refractivity contribution is 0.583. The smallest absolute Gasteiger partial charge is 0.192 e. The van der Waals surface area contributed by atoms with Gasteiger partial charge in [0.05, 0.1) is 10.1 Å². The highest BCUT2D eigenvalue weighted by atomic mass is 32.1. The standard InChI is InChI=1S/C6H3FN2S/c7-6-1-5(10)4(2-8)3-9-6/h1,3H,(H,9,10). The largest absolute Gasteiger partial charge is 0.337 e. The van der Waals surface area contributed by atoms with Gasteiger partial charge in [-0.05, 0) is 0 Å². The molecule has 4 heteroatoms. The van der Waals surface area contributed by atoms with E-state index in [1.165, 1.54) is 6.20 Å². The van der Waals surface area contributed by atoms with Crippen molar-refractivity contribution in [1.29, 1.82) is 5.26 Å². The van der Waals surface area contributed by atoms with Gasteiger partial charge in [0.25, 0.3) is 0 Å². The van der Waals surface area contributed by atoms with Gasteiger partial charge in [0.15, 0.2) is 5.95 Å². The van der Waals surface area contributed by atoms with Crippen molar-refractivity contribution in [2.24, 2.45) is 0 Å². The first-order valence-electron chi connectivity index (χ1n) is 2.52. The summed E-state index contributed by atoms with van der Waals surface area (Å²) >= 11 is 4.66. The van der Waals surface area contributed by atoms with Crippen LogP contribution in [0.1, 0.15) is 5.56 Å². The van der Waals surface area contributed by atoms with E-state index in [1.54, 1.807) is 0 Å². The van der Waals surface area contributed by atoms with E-state index in [1.807, 2.05) is 6.07 Å². The van der Waals surface area contributed by atoms with Crippen LogP contribution >= 0.6 is 12.2 Å². The lowest BCUT2D eigenvalue weighted by atomic mass is 10.3. The van der Waals surface area contributed by atoms with Gasteiger partial charge in [-0.25, -0.2) is 0 Å². The van der Waals surface area contributed by atoms with Crippen LogP contribution in [0.4, 0.5) is 4.39 Å². The zero-order valence-electron chi connectivity index (χ0n) is 4.89. The van der Waals surface area contributed by atoms with Gasteiger partial charge < -0.3 is 4.98 Å². The molecule has 0 aromatic carbocycles. The molecule has 2 nitrogen and oxygen atoms in total. The Morgan fingerprint density at radius 3 is 2.90 bits per heavy atom. The van der Waals surface area contributed by atoms with Crippen molar-refractivity contribution in [1.82, 2.24) is 4.98 Å². The highest BCUT2D eigenvalue weighted by Crippen LogP contribution is 2.00. The first-order valence-corrected chi connectivity index (χ1v) is 2.93. The Morgan fingerprint density at radius 1 is 1.70 bits per heavy atom. The van der Waals surface area contributed by atoms with E-state index < -0.39 is 5.95 Å². The number of hydrogen-bond acceptors (Lipinski definition) is 2. The van der Waals surface area contributed by atoms with Crippen molar-refractivity contribution in [3.05, 3.63) is 28.3 Å². The van der Waals surface area contributed by atoms with Crippen LogP contribution in [0.25, 0.3) is 0 Å². The van der Waals surface area contributed by atoms with E-state index >= 15 is 0 Å². The molecule has 0 saturated carbocycles. The number of hydrogen-bond donors (Lipinski definition) is 1. The zero-order chi connectivity index (χ0) is 7.56. The number of rotatable bonds is 0. The Kier molecular flexibility index (Phi) is 1.78. The van der Waals surface area contributed by atoms with Crippen LogP contribution in [0.2, 0.25) is 0 Å². The summed E-state index contributed by atoms with van der Waals surface area (Å²) in [5, 5.41) is 8.35. The summed E-state index contributed by atoms with van der Waals surface area (Å²) in [5.74, 6) is -0.524. The number of aromatic amines is 1. The quantitative estimate of drug-likeness (QED) is 0.456. The summed E-state index contributed by atoms with van der Waals surface area (Å²) in [7, 11) is 0. The molecule has 0 saturated heterocycles. The summed E-state index contributed by atoms with van der Waals surface area (Å²) in [6, 6.07) is 2.93. The highest BCUT2D eigenvalue weighted by molar-refractivity contribution is 7.71.